The number of rotatable bonds is 4. The monoisotopic (exact) mass is 285 g/mol. The summed E-state index contributed by atoms with van der Waals surface area (Å²) in [5, 5.41) is 0. The van der Waals surface area contributed by atoms with Crippen molar-refractivity contribution < 1.29 is 9.47 Å². The van der Waals surface area contributed by atoms with Gasteiger partial charge in [0, 0.05) is 11.6 Å². The molecular weight excluding hydrogens is 262 g/mol. The lowest BCUT2D eigenvalue weighted by Gasteiger charge is -2.19. The Morgan fingerprint density at radius 3 is 2.33 bits per heavy atom. The molecule has 0 bridgehead atoms. The van der Waals surface area contributed by atoms with Crippen LogP contribution in [0.15, 0.2) is 30.3 Å². The highest BCUT2D eigenvalue weighted by molar-refractivity contribution is 5.56. The minimum Gasteiger partial charge on any atom is -0.497 e. The van der Waals surface area contributed by atoms with Gasteiger partial charge in [0.25, 0.3) is 0 Å². The smallest absolute Gasteiger partial charge is 0.122 e. The first kappa shape index (κ1) is 15.2. The van der Waals surface area contributed by atoms with E-state index in [0.717, 1.165) is 22.7 Å². The van der Waals surface area contributed by atoms with E-state index < -0.39 is 0 Å². The summed E-state index contributed by atoms with van der Waals surface area (Å²) in [5.74, 6) is 1.91. The highest BCUT2D eigenvalue weighted by atomic mass is 16.5. The van der Waals surface area contributed by atoms with Gasteiger partial charge in [-0.2, -0.15) is 0 Å². The summed E-state index contributed by atoms with van der Waals surface area (Å²) in [6.45, 7) is 6.32. The van der Waals surface area contributed by atoms with Gasteiger partial charge in [0.1, 0.15) is 11.5 Å². The summed E-state index contributed by atoms with van der Waals surface area (Å²) in [7, 11) is 3.37. The zero-order valence-corrected chi connectivity index (χ0v) is 13.4. The number of hydrogen-bond acceptors (Lipinski definition) is 3. The van der Waals surface area contributed by atoms with Gasteiger partial charge in [0.05, 0.1) is 14.2 Å². The van der Waals surface area contributed by atoms with E-state index >= 15 is 0 Å². The third-order valence-electron chi connectivity index (χ3n) is 4.12. The van der Waals surface area contributed by atoms with Gasteiger partial charge in [-0.05, 0) is 60.4 Å². The predicted octanol–water partition coefficient (Wildman–Crippen LogP) is 4.05. The molecule has 0 amide bonds. The van der Waals surface area contributed by atoms with Crippen molar-refractivity contribution >= 4 is 5.69 Å². The van der Waals surface area contributed by atoms with E-state index in [2.05, 4.69) is 32.9 Å². The van der Waals surface area contributed by atoms with Crippen molar-refractivity contribution in [2.45, 2.75) is 26.7 Å². The second kappa shape index (κ2) is 6.08. The molecule has 2 rings (SSSR count). The molecule has 0 aliphatic carbocycles. The molecule has 0 saturated carbocycles. The number of nitrogen functional groups attached to an aromatic ring is 1. The Kier molecular flexibility index (Phi) is 4.41. The third-order valence-corrected chi connectivity index (χ3v) is 4.12. The van der Waals surface area contributed by atoms with Crippen LogP contribution in [0.5, 0.6) is 11.5 Å². The Hall–Kier alpha value is -2.16. The molecule has 2 aromatic carbocycles. The van der Waals surface area contributed by atoms with Crippen LogP contribution in [-0.2, 0) is 0 Å². The molecule has 1 atom stereocenters. The van der Waals surface area contributed by atoms with Crippen molar-refractivity contribution in [3.05, 3.63) is 52.6 Å². The van der Waals surface area contributed by atoms with Crippen molar-refractivity contribution in [1.29, 1.82) is 0 Å². The van der Waals surface area contributed by atoms with E-state index in [1.165, 1.54) is 16.7 Å². The summed E-state index contributed by atoms with van der Waals surface area (Å²) in [6.07, 6.45) is 0. The molecule has 112 valence electrons. The molecule has 21 heavy (non-hydrogen) atoms. The summed E-state index contributed by atoms with van der Waals surface area (Å²) in [5.41, 5.74) is 11.6. The number of aryl methyl sites for hydroxylation is 1. The SMILES string of the molecule is COc1ccc(N)c(C(C)c2cc(C)c(C)c(OC)c2)c1. The predicted molar refractivity (Wildman–Crippen MR) is 87.4 cm³/mol. The summed E-state index contributed by atoms with van der Waals surface area (Å²) in [4.78, 5) is 0. The average Bonchev–Trinajstić information content (AvgIpc) is 2.49. The molecule has 0 spiro atoms. The maximum atomic E-state index is 6.13. The molecule has 0 heterocycles. The van der Waals surface area contributed by atoms with Gasteiger partial charge in [-0.25, -0.2) is 0 Å². The molecule has 0 aliphatic heterocycles. The van der Waals surface area contributed by atoms with E-state index in [9.17, 15) is 0 Å². The van der Waals surface area contributed by atoms with Crippen molar-refractivity contribution in [3.8, 4) is 11.5 Å². The molecule has 2 aromatic rings. The fourth-order valence-corrected chi connectivity index (χ4v) is 2.55. The van der Waals surface area contributed by atoms with Crippen LogP contribution in [0.4, 0.5) is 5.69 Å². The van der Waals surface area contributed by atoms with Crippen LogP contribution in [0, 0.1) is 13.8 Å². The molecule has 0 aliphatic rings. The maximum absolute atomic E-state index is 6.13. The molecule has 3 heteroatoms. The van der Waals surface area contributed by atoms with Crippen molar-refractivity contribution in [2.24, 2.45) is 0 Å². The number of ether oxygens (including phenoxy) is 2. The molecule has 0 saturated heterocycles. The first-order valence-electron chi connectivity index (χ1n) is 7.06. The van der Waals surface area contributed by atoms with E-state index in [1.54, 1.807) is 14.2 Å². The van der Waals surface area contributed by atoms with Gasteiger partial charge in [-0.15, -0.1) is 0 Å². The first-order chi connectivity index (χ1) is 9.97. The lowest BCUT2D eigenvalue weighted by molar-refractivity contribution is 0.410. The largest absolute Gasteiger partial charge is 0.497 e. The molecular formula is C18H23NO2. The third kappa shape index (κ3) is 2.97. The van der Waals surface area contributed by atoms with Gasteiger partial charge in [0.2, 0.25) is 0 Å². The molecule has 0 aromatic heterocycles. The number of nitrogens with two attached hydrogens (primary N) is 1. The Labute approximate surface area is 126 Å². The van der Waals surface area contributed by atoms with Crippen molar-refractivity contribution in [1.82, 2.24) is 0 Å². The minimum atomic E-state index is 0.174. The Bertz CT molecular complexity index is 650. The van der Waals surface area contributed by atoms with Crippen LogP contribution in [0.1, 0.15) is 35.1 Å². The van der Waals surface area contributed by atoms with Gasteiger partial charge in [-0.3, -0.25) is 0 Å². The lowest BCUT2D eigenvalue weighted by atomic mass is 9.89. The summed E-state index contributed by atoms with van der Waals surface area (Å²) >= 11 is 0. The van der Waals surface area contributed by atoms with Crippen LogP contribution in [-0.4, -0.2) is 14.2 Å². The van der Waals surface area contributed by atoms with Crippen molar-refractivity contribution in [3.63, 3.8) is 0 Å². The quantitative estimate of drug-likeness (QED) is 0.862. The Morgan fingerprint density at radius 2 is 1.71 bits per heavy atom. The Balaban J connectivity index is 2.49. The van der Waals surface area contributed by atoms with E-state index in [-0.39, 0.29) is 5.92 Å². The molecule has 0 fully saturated rings. The van der Waals surface area contributed by atoms with Crippen LogP contribution in [0.3, 0.4) is 0 Å². The highest BCUT2D eigenvalue weighted by Crippen LogP contribution is 2.34. The second-order valence-corrected chi connectivity index (χ2v) is 5.38. The Morgan fingerprint density at radius 1 is 1.00 bits per heavy atom. The maximum Gasteiger partial charge on any atom is 0.122 e. The molecule has 1 unspecified atom stereocenters. The number of benzene rings is 2. The molecule has 2 N–H and O–H groups in total. The fraction of sp³-hybridized carbons (Fsp3) is 0.333. The number of methoxy groups -OCH3 is 2. The molecule has 3 nitrogen and oxygen atoms in total. The van der Waals surface area contributed by atoms with Gasteiger partial charge >= 0.3 is 0 Å². The van der Waals surface area contributed by atoms with Crippen LogP contribution >= 0.6 is 0 Å². The zero-order chi connectivity index (χ0) is 15.6. The number of hydrogen-bond donors (Lipinski definition) is 1. The van der Waals surface area contributed by atoms with Crippen LogP contribution in [0.25, 0.3) is 0 Å². The van der Waals surface area contributed by atoms with Gasteiger partial charge in [-0.1, -0.05) is 13.0 Å². The standard InChI is InChI=1S/C18H23NO2/c1-11-8-14(9-18(21-5)12(11)2)13(3)16-10-15(20-4)6-7-17(16)19/h6-10,13H,19H2,1-5H3. The van der Waals surface area contributed by atoms with Gasteiger partial charge < -0.3 is 15.2 Å². The average molecular weight is 285 g/mol. The summed E-state index contributed by atoms with van der Waals surface area (Å²) < 4.78 is 10.8. The van der Waals surface area contributed by atoms with E-state index in [1.807, 2.05) is 18.2 Å². The molecule has 0 radical (unpaired) electrons. The fourth-order valence-electron chi connectivity index (χ4n) is 2.55. The normalized spacial score (nSPS) is 12.0. The second-order valence-electron chi connectivity index (χ2n) is 5.38. The van der Waals surface area contributed by atoms with Crippen LogP contribution < -0.4 is 15.2 Å². The minimum absolute atomic E-state index is 0.174. The zero-order valence-electron chi connectivity index (χ0n) is 13.4. The number of anilines is 1. The van der Waals surface area contributed by atoms with Gasteiger partial charge in [0.15, 0.2) is 0 Å². The highest BCUT2D eigenvalue weighted by Gasteiger charge is 2.15. The van der Waals surface area contributed by atoms with E-state index in [4.69, 9.17) is 15.2 Å². The first-order valence-corrected chi connectivity index (χ1v) is 7.06. The van der Waals surface area contributed by atoms with Crippen molar-refractivity contribution in [2.75, 3.05) is 20.0 Å². The lowest BCUT2D eigenvalue weighted by Crippen LogP contribution is -2.03. The summed E-state index contributed by atoms with van der Waals surface area (Å²) in [6, 6.07) is 10.1. The topological polar surface area (TPSA) is 44.5 Å². The van der Waals surface area contributed by atoms with E-state index in [0.29, 0.717) is 0 Å². The van der Waals surface area contributed by atoms with Crippen LogP contribution in [0.2, 0.25) is 0 Å².